The van der Waals surface area contributed by atoms with Crippen LogP contribution in [0.4, 0.5) is 4.79 Å². The number of nitrogens with one attached hydrogen (secondary N) is 1. The Balaban J connectivity index is 2.40. The van der Waals surface area contributed by atoms with E-state index < -0.39 is 11.7 Å². The van der Waals surface area contributed by atoms with Crippen molar-refractivity contribution < 1.29 is 23.9 Å². The Labute approximate surface area is 140 Å². The molecule has 0 fully saturated rings. The number of nitrogens with zero attached hydrogens (tertiary/aromatic N) is 1. The molecule has 0 aliphatic carbocycles. The topological polar surface area (TPSA) is 102 Å². The normalized spacial score (nSPS) is 10.8. The van der Waals surface area contributed by atoms with E-state index in [0.717, 1.165) is 0 Å². The van der Waals surface area contributed by atoms with Crippen LogP contribution >= 0.6 is 0 Å². The second kappa shape index (κ2) is 8.90. The average molecular weight is 332 g/mol. The number of Topliss-reactive ketones (excluding diaryl/α,β-unsaturated/α-hetero) is 1. The summed E-state index contributed by atoms with van der Waals surface area (Å²) in [7, 11) is 0. The van der Waals surface area contributed by atoms with Crippen LogP contribution in [0.25, 0.3) is 0 Å². The predicted octanol–water partition coefficient (Wildman–Crippen LogP) is 1.87. The lowest BCUT2D eigenvalue weighted by molar-refractivity contribution is 0.0527. The number of rotatable bonds is 8. The van der Waals surface area contributed by atoms with Crippen molar-refractivity contribution in [1.29, 1.82) is 0 Å². The molecular formula is C17H20N2O5. The Morgan fingerprint density at radius 1 is 1.12 bits per heavy atom. The van der Waals surface area contributed by atoms with Gasteiger partial charge in [-0.3, -0.25) is 14.4 Å². The van der Waals surface area contributed by atoms with Crippen LogP contribution in [-0.2, 0) is 14.3 Å². The van der Waals surface area contributed by atoms with E-state index in [1.54, 1.807) is 33.3 Å². The summed E-state index contributed by atoms with van der Waals surface area (Å²) in [6, 6.07) is 2.57. The molecule has 0 aliphatic heterocycles. The van der Waals surface area contributed by atoms with E-state index in [-0.39, 0.29) is 29.2 Å². The highest BCUT2D eigenvalue weighted by Gasteiger charge is 2.15. The fourth-order valence-electron chi connectivity index (χ4n) is 1.86. The molecule has 0 atom stereocenters. The highest BCUT2D eigenvalue weighted by molar-refractivity contribution is 5.98. The van der Waals surface area contributed by atoms with E-state index in [1.807, 2.05) is 0 Å². The van der Waals surface area contributed by atoms with Gasteiger partial charge in [0.2, 0.25) is 0 Å². The minimum absolute atomic E-state index is 0.106. The van der Waals surface area contributed by atoms with Crippen molar-refractivity contribution in [3.8, 4) is 0 Å². The van der Waals surface area contributed by atoms with Gasteiger partial charge in [0.1, 0.15) is 17.0 Å². The maximum absolute atomic E-state index is 12.1. The van der Waals surface area contributed by atoms with Crippen LogP contribution in [0.3, 0.4) is 0 Å². The molecule has 128 valence electrons. The summed E-state index contributed by atoms with van der Waals surface area (Å²) in [5, 5.41) is 2.60. The fraction of sp³-hybridized carbons (Fsp3) is 0.471. The van der Waals surface area contributed by atoms with E-state index in [9.17, 15) is 19.2 Å². The van der Waals surface area contributed by atoms with Gasteiger partial charge in [-0.05, 0) is 45.7 Å². The van der Waals surface area contributed by atoms with E-state index in [2.05, 4.69) is 10.3 Å². The highest BCUT2D eigenvalue weighted by Crippen LogP contribution is 2.10. The Hall–Kier alpha value is -2.57. The van der Waals surface area contributed by atoms with Crippen LogP contribution < -0.4 is 5.32 Å². The standard InChI is InChI=1S/C17H20N2O5/c1-17(2,3)24-16(23)18-7-5-4-6-15(22)12-8-13(10-20)19-14(9-12)11-21/h8-9H,4-7H2,1-3H3,(H,18,23). The van der Waals surface area contributed by atoms with Crippen LogP contribution in [0, 0.1) is 0 Å². The van der Waals surface area contributed by atoms with Crippen molar-refractivity contribution in [3.63, 3.8) is 0 Å². The van der Waals surface area contributed by atoms with Crippen molar-refractivity contribution in [2.75, 3.05) is 6.54 Å². The van der Waals surface area contributed by atoms with Crippen LogP contribution in [0.5, 0.6) is 0 Å². The number of ether oxygens (including phenoxy) is 1. The Kier molecular flexibility index (Phi) is 7.23. The molecule has 1 rings (SSSR count). The van der Waals surface area contributed by atoms with Gasteiger partial charge in [-0.15, -0.1) is 0 Å². The molecule has 1 N–H and O–H groups in total. The lowest BCUT2D eigenvalue weighted by Crippen LogP contribution is -2.33. The summed E-state index contributed by atoms with van der Waals surface area (Å²) < 4.78 is 5.09. The number of aromatic nitrogens is 1. The molecule has 7 nitrogen and oxygen atoms in total. The van der Waals surface area contributed by atoms with Gasteiger partial charge in [-0.25, -0.2) is 9.78 Å². The first-order valence-corrected chi connectivity index (χ1v) is 7.53. The van der Waals surface area contributed by atoms with E-state index >= 15 is 0 Å². The average Bonchev–Trinajstić information content (AvgIpc) is 2.52. The minimum atomic E-state index is -0.554. The van der Waals surface area contributed by atoms with Crippen LogP contribution in [-0.4, -0.2) is 41.6 Å². The molecule has 0 spiro atoms. The molecule has 1 amide bonds. The minimum Gasteiger partial charge on any atom is -0.444 e. The molecule has 1 aromatic rings. The molecule has 0 aliphatic rings. The number of hydrogen-bond acceptors (Lipinski definition) is 6. The van der Waals surface area contributed by atoms with Gasteiger partial charge in [-0.1, -0.05) is 0 Å². The van der Waals surface area contributed by atoms with E-state index in [1.165, 1.54) is 12.1 Å². The predicted molar refractivity (Wildman–Crippen MR) is 86.2 cm³/mol. The molecule has 1 aromatic heterocycles. The second-order valence-electron chi connectivity index (χ2n) is 6.14. The van der Waals surface area contributed by atoms with Gasteiger partial charge in [0, 0.05) is 18.5 Å². The molecule has 0 saturated heterocycles. The first-order valence-electron chi connectivity index (χ1n) is 7.53. The van der Waals surface area contributed by atoms with Crippen molar-refractivity contribution >= 4 is 24.4 Å². The van der Waals surface area contributed by atoms with Crippen molar-refractivity contribution in [3.05, 3.63) is 29.1 Å². The van der Waals surface area contributed by atoms with Crippen molar-refractivity contribution in [1.82, 2.24) is 10.3 Å². The zero-order valence-corrected chi connectivity index (χ0v) is 14.0. The smallest absolute Gasteiger partial charge is 0.407 e. The maximum atomic E-state index is 12.1. The lowest BCUT2D eigenvalue weighted by atomic mass is 10.0. The molecule has 0 unspecified atom stereocenters. The van der Waals surface area contributed by atoms with E-state index in [4.69, 9.17) is 4.74 Å². The number of carbonyl (C=O) groups is 2. The number of ketones is 1. The summed E-state index contributed by atoms with van der Waals surface area (Å²) in [4.78, 5) is 48.4. The first-order chi connectivity index (χ1) is 11.2. The zero-order valence-electron chi connectivity index (χ0n) is 14.0. The van der Waals surface area contributed by atoms with Gasteiger partial charge in [-0.2, -0.15) is 0 Å². The van der Waals surface area contributed by atoms with Gasteiger partial charge in [0.05, 0.1) is 0 Å². The van der Waals surface area contributed by atoms with Gasteiger partial charge in [0.25, 0.3) is 12.6 Å². The van der Waals surface area contributed by atoms with Crippen LogP contribution in [0.2, 0.25) is 0 Å². The lowest BCUT2D eigenvalue weighted by Gasteiger charge is -2.19. The SMILES string of the molecule is CC(C)(C)OC(=O)NCCCCC(=O)c1cc([C]=O)nc([C]=O)c1. The first kappa shape index (κ1) is 19.5. The molecule has 24 heavy (non-hydrogen) atoms. The Morgan fingerprint density at radius 2 is 1.71 bits per heavy atom. The second-order valence-corrected chi connectivity index (χ2v) is 6.14. The third-order valence-electron chi connectivity index (χ3n) is 2.86. The van der Waals surface area contributed by atoms with Crippen molar-refractivity contribution in [2.24, 2.45) is 0 Å². The summed E-state index contributed by atoms with van der Waals surface area (Å²) in [5.74, 6) is -0.220. The molecular weight excluding hydrogens is 312 g/mol. The van der Waals surface area contributed by atoms with Gasteiger partial charge < -0.3 is 10.1 Å². The molecule has 0 aromatic carbocycles. The van der Waals surface area contributed by atoms with Gasteiger partial charge >= 0.3 is 6.09 Å². The van der Waals surface area contributed by atoms with Gasteiger partial charge in [0.15, 0.2) is 5.78 Å². The number of alkyl carbamates (subject to hydrolysis) is 1. The number of amides is 1. The molecule has 1 heterocycles. The molecule has 0 bridgehead atoms. The number of hydrogen-bond donors (Lipinski definition) is 1. The summed E-state index contributed by atoms with van der Waals surface area (Å²) in [6.45, 7) is 5.71. The maximum Gasteiger partial charge on any atom is 0.407 e. The monoisotopic (exact) mass is 332 g/mol. The largest absolute Gasteiger partial charge is 0.444 e. The number of unbranched alkanes of at least 4 members (excludes halogenated alkanes) is 1. The molecule has 7 heteroatoms. The van der Waals surface area contributed by atoms with Crippen molar-refractivity contribution in [2.45, 2.75) is 45.6 Å². The van der Waals surface area contributed by atoms with E-state index in [0.29, 0.717) is 19.4 Å². The summed E-state index contributed by atoms with van der Waals surface area (Å²) in [5.41, 5.74) is -0.541. The molecule has 0 saturated carbocycles. The quantitative estimate of drug-likeness (QED) is 0.576. The third kappa shape index (κ3) is 7.13. The Bertz CT molecular complexity index is 594. The molecule has 2 radical (unpaired) electrons. The fourth-order valence-corrected chi connectivity index (χ4v) is 1.86. The number of pyridine rings is 1. The number of carbonyl (C=O) groups excluding carboxylic acids is 4. The zero-order chi connectivity index (χ0) is 18.2. The highest BCUT2D eigenvalue weighted by atomic mass is 16.6. The van der Waals surface area contributed by atoms with Crippen LogP contribution in [0.15, 0.2) is 12.1 Å². The van der Waals surface area contributed by atoms with Crippen LogP contribution in [0.1, 0.15) is 61.8 Å². The summed E-state index contributed by atoms with van der Waals surface area (Å²) >= 11 is 0. The summed E-state index contributed by atoms with van der Waals surface area (Å²) in [6.07, 6.45) is 3.95. The third-order valence-corrected chi connectivity index (χ3v) is 2.86. The Morgan fingerprint density at radius 3 is 2.21 bits per heavy atom.